The standard InChI is InChI=1S/C17H19ClFN3O5/c1-10(16(25)20-13-6-5-11(18)8-12(13)19)27-15(24)4-3-7-22-14(23)9-21(2)17(22)26/h5-6,8,10H,3-4,7,9H2,1-2H3,(H,20,25)/t10-/m0/s1. The molecule has 0 aliphatic carbocycles. The van der Waals surface area contributed by atoms with Crippen LogP contribution in [0.3, 0.4) is 0 Å². The third kappa shape index (κ3) is 5.40. The molecule has 146 valence electrons. The van der Waals surface area contributed by atoms with E-state index in [-0.39, 0.29) is 42.5 Å². The first-order valence-electron chi connectivity index (χ1n) is 8.20. The second kappa shape index (κ2) is 8.81. The van der Waals surface area contributed by atoms with Crippen LogP contribution in [0.25, 0.3) is 0 Å². The van der Waals surface area contributed by atoms with Crippen molar-refractivity contribution in [2.75, 3.05) is 25.5 Å². The predicted octanol–water partition coefficient (Wildman–Crippen LogP) is 2.02. The molecule has 8 nitrogen and oxygen atoms in total. The number of carbonyl (C=O) groups excluding carboxylic acids is 4. The lowest BCUT2D eigenvalue weighted by molar-refractivity contribution is -0.153. The number of nitrogens with zero attached hydrogens (tertiary/aromatic N) is 2. The summed E-state index contributed by atoms with van der Waals surface area (Å²) in [5.74, 6) is -2.40. The summed E-state index contributed by atoms with van der Waals surface area (Å²) in [4.78, 5) is 49.5. The van der Waals surface area contributed by atoms with E-state index in [2.05, 4.69) is 5.32 Å². The molecule has 0 unspecified atom stereocenters. The quantitative estimate of drug-likeness (QED) is 0.559. The number of nitrogens with one attached hydrogen (secondary N) is 1. The van der Waals surface area contributed by atoms with Crippen molar-refractivity contribution in [1.82, 2.24) is 9.80 Å². The van der Waals surface area contributed by atoms with Crippen LogP contribution in [0.15, 0.2) is 18.2 Å². The van der Waals surface area contributed by atoms with Crippen molar-refractivity contribution >= 4 is 41.1 Å². The first-order chi connectivity index (χ1) is 12.7. The van der Waals surface area contributed by atoms with Gasteiger partial charge in [-0.2, -0.15) is 0 Å². The highest BCUT2D eigenvalue weighted by Gasteiger charge is 2.33. The minimum atomic E-state index is -1.14. The molecular formula is C17H19ClFN3O5. The average molecular weight is 400 g/mol. The van der Waals surface area contributed by atoms with Crippen LogP contribution in [0, 0.1) is 5.82 Å². The number of imide groups is 1. The largest absolute Gasteiger partial charge is 0.453 e. The highest BCUT2D eigenvalue weighted by molar-refractivity contribution is 6.30. The van der Waals surface area contributed by atoms with Crippen LogP contribution >= 0.6 is 11.6 Å². The third-order valence-corrected chi connectivity index (χ3v) is 4.10. The van der Waals surface area contributed by atoms with Gasteiger partial charge < -0.3 is 15.0 Å². The van der Waals surface area contributed by atoms with E-state index in [1.165, 1.54) is 31.0 Å². The highest BCUT2D eigenvalue weighted by atomic mass is 35.5. The van der Waals surface area contributed by atoms with Gasteiger partial charge in [-0.25, -0.2) is 9.18 Å². The zero-order chi connectivity index (χ0) is 20.1. The van der Waals surface area contributed by atoms with Gasteiger partial charge in [0.15, 0.2) is 6.10 Å². The molecule has 1 aliphatic rings. The molecule has 1 fully saturated rings. The van der Waals surface area contributed by atoms with E-state index in [9.17, 15) is 23.6 Å². The van der Waals surface area contributed by atoms with E-state index < -0.39 is 29.8 Å². The second-order valence-electron chi connectivity index (χ2n) is 6.03. The summed E-state index contributed by atoms with van der Waals surface area (Å²) in [6.07, 6.45) is -1.01. The molecule has 0 aromatic heterocycles. The summed E-state index contributed by atoms with van der Waals surface area (Å²) in [6.45, 7) is 1.46. The van der Waals surface area contributed by atoms with Crippen molar-refractivity contribution in [2.24, 2.45) is 0 Å². The lowest BCUT2D eigenvalue weighted by atomic mass is 10.2. The summed E-state index contributed by atoms with van der Waals surface area (Å²) in [5.41, 5.74) is -0.0810. The van der Waals surface area contributed by atoms with Gasteiger partial charge in [0.2, 0.25) is 5.91 Å². The number of hydrogen-bond acceptors (Lipinski definition) is 5. The fourth-order valence-corrected chi connectivity index (χ4v) is 2.56. The van der Waals surface area contributed by atoms with Gasteiger partial charge in [0.1, 0.15) is 12.4 Å². The lowest BCUT2D eigenvalue weighted by Gasteiger charge is -2.15. The number of halogens is 2. The zero-order valence-electron chi connectivity index (χ0n) is 14.8. The molecule has 0 radical (unpaired) electrons. The Balaban J connectivity index is 1.77. The summed E-state index contributed by atoms with van der Waals surface area (Å²) < 4.78 is 18.7. The smallest absolute Gasteiger partial charge is 0.326 e. The highest BCUT2D eigenvalue weighted by Crippen LogP contribution is 2.19. The van der Waals surface area contributed by atoms with Gasteiger partial charge in [-0.05, 0) is 31.5 Å². The van der Waals surface area contributed by atoms with Gasteiger partial charge in [-0.15, -0.1) is 0 Å². The van der Waals surface area contributed by atoms with Crippen molar-refractivity contribution in [3.63, 3.8) is 0 Å². The molecule has 0 spiro atoms. The van der Waals surface area contributed by atoms with Gasteiger partial charge in [-0.1, -0.05) is 11.6 Å². The van der Waals surface area contributed by atoms with Crippen LogP contribution in [0.1, 0.15) is 19.8 Å². The maximum Gasteiger partial charge on any atom is 0.326 e. The number of rotatable bonds is 7. The van der Waals surface area contributed by atoms with Crippen LogP contribution < -0.4 is 5.32 Å². The van der Waals surface area contributed by atoms with E-state index in [4.69, 9.17) is 16.3 Å². The van der Waals surface area contributed by atoms with E-state index in [1.54, 1.807) is 0 Å². The molecule has 1 saturated heterocycles. The number of likely N-dealkylation sites (N-methyl/N-ethyl adjacent to an activating group) is 1. The Kier molecular flexibility index (Phi) is 6.73. The van der Waals surface area contributed by atoms with Crippen LogP contribution in [-0.4, -0.2) is 59.9 Å². The predicted molar refractivity (Wildman–Crippen MR) is 94.6 cm³/mol. The summed E-state index contributed by atoms with van der Waals surface area (Å²) in [7, 11) is 1.51. The van der Waals surface area contributed by atoms with Crippen LogP contribution in [-0.2, 0) is 19.1 Å². The Morgan fingerprint density at radius 3 is 2.67 bits per heavy atom. The van der Waals surface area contributed by atoms with Gasteiger partial charge in [0.05, 0.1) is 5.69 Å². The maximum absolute atomic E-state index is 13.7. The van der Waals surface area contributed by atoms with Crippen LogP contribution in [0.5, 0.6) is 0 Å². The second-order valence-corrected chi connectivity index (χ2v) is 6.47. The molecule has 4 amide bonds. The molecule has 27 heavy (non-hydrogen) atoms. The minimum Gasteiger partial charge on any atom is -0.453 e. The van der Waals surface area contributed by atoms with E-state index in [0.717, 1.165) is 11.0 Å². The fraction of sp³-hybridized carbons (Fsp3) is 0.412. The van der Waals surface area contributed by atoms with Crippen molar-refractivity contribution in [3.8, 4) is 0 Å². The lowest BCUT2D eigenvalue weighted by Crippen LogP contribution is -2.33. The maximum atomic E-state index is 13.7. The Hall–Kier alpha value is -2.68. The molecule has 10 heteroatoms. The van der Waals surface area contributed by atoms with Gasteiger partial charge in [0.25, 0.3) is 5.91 Å². The minimum absolute atomic E-state index is 0.0156. The monoisotopic (exact) mass is 399 g/mol. The molecule has 1 atom stereocenters. The van der Waals surface area contributed by atoms with Crippen molar-refractivity contribution in [3.05, 3.63) is 29.0 Å². The molecule has 1 aromatic rings. The number of ether oxygens (including phenoxy) is 1. The van der Waals surface area contributed by atoms with E-state index in [1.807, 2.05) is 0 Å². The molecule has 1 aliphatic heterocycles. The first kappa shape index (κ1) is 20.6. The molecule has 2 rings (SSSR count). The van der Waals surface area contributed by atoms with E-state index >= 15 is 0 Å². The number of urea groups is 1. The number of hydrogen-bond donors (Lipinski definition) is 1. The van der Waals surface area contributed by atoms with Crippen molar-refractivity contribution in [1.29, 1.82) is 0 Å². The Bertz CT molecular complexity index is 773. The number of anilines is 1. The molecule has 1 N–H and O–H groups in total. The van der Waals surface area contributed by atoms with Gasteiger partial charge in [-0.3, -0.25) is 19.3 Å². The third-order valence-electron chi connectivity index (χ3n) is 3.86. The molecule has 1 aromatic carbocycles. The molecule has 1 heterocycles. The van der Waals surface area contributed by atoms with Gasteiger partial charge >= 0.3 is 12.0 Å². The summed E-state index contributed by atoms with van der Waals surface area (Å²) in [6, 6.07) is 3.35. The van der Waals surface area contributed by atoms with Crippen molar-refractivity contribution < 1.29 is 28.3 Å². The van der Waals surface area contributed by atoms with E-state index in [0.29, 0.717) is 0 Å². The summed E-state index contributed by atoms with van der Waals surface area (Å²) in [5, 5.41) is 2.49. The average Bonchev–Trinajstić information content (AvgIpc) is 2.83. The topological polar surface area (TPSA) is 96.0 Å². The molecule has 0 bridgehead atoms. The SMILES string of the molecule is C[C@H](OC(=O)CCCN1C(=O)CN(C)C1=O)C(=O)Nc1ccc(Cl)cc1F. The number of amides is 4. The molecule has 0 saturated carbocycles. The van der Waals surface area contributed by atoms with Crippen LogP contribution in [0.4, 0.5) is 14.9 Å². The fourth-order valence-electron chi connectivity index (χ4n) is 2.41. The Morgan fingerprint density at radius 2 is 2.07 bits per heavy atom. The normalized spacial score (nSPS) is 15.1. The molecular weight excluding hydrogens is 381 g/mol. The van der Waals surface area contributed by atoms with Crippen LogP contribution in [0.2, 0.25) is 5.02 Å². The van der Waals surface area contributed by atoms with Crippen molar-refractivity contribution in [2.45, 2.75) is 25.9 Å². The Morgan fingerprint density at radius 1 is 1.37 bits per heavy atom. The van der Waals surface area contributed by atoms with Gasteiger partial charge in [0, 0.05) is 25.0 Å². The number of esters is 1. The summed E-state index contributed by atoms with van der Waals surface area (Å²) >= 11 is 5.64. The number of carbonyl (C=O) groups is 4. The Labute approximate surface area is 160 Å². The number of benzene rings is 1. The first-order valence-corrected chi connectivity index (χ1v) is 8.57. The zero-order valence-corrected chi connectivity index (χ0v) is 15.6.